The summed E-state index contributed by atoms with van der Waals surface area (Å²) in [6.07, 6.45) is 1.61. The maximum Gasteiger partial charge on any atom is 0.354 e. The number of carbonyl (C=O) groups is 1. The van der Waals surface area contributed by atoms with Crippen molar-refractivity contribution < 1.29 is 9.90 Å². The first kappa shape index (κ1) is 9.64. The van der Waals surface area contributed by atoms with Crippen molar-refractivity contribution in [3.05, 3.63) is 29.7 Å². The van der Waals surface area contributed by atoms with E-state index in [0.717, 1.165) is 5.69 Å². The molecule has 0 radical (unpaired) electrons. The lowest BCUT2D eigenvalue weighted by atomic mass is 10.1. The average Bonchev–Trinajstić information content (AvgIpc) is 2.59. The summed E-state index contributed by atoms with van der Waals surface area (Å²) in [6.45, 7) is 4.06. The molecule has 0 unspecified atom stereocenters. The number of nitrogens with zero attached hydrogens (tertiary/aromatic N) is 3. The molecule has 0 bridgehead atoms. The molecule has 78 valence electrons. The molecule has 2 aromatic heterocycles. The number of hydrogen-bond donors (Lipinski definition) is 1. The fourth-order valence-corrected chi connectivity index (χ4v) is 1.30. The van der Waals surface area contributed by atoms with E-state index in [1.807, 2.05) is 13.8 Å². The molecule has 0 amide bonds. The van der Waals surface area contributed by atoms with Crippen molar-refractivity contribution in [2.75, 3.05) is 0 Å². The lowest BCUT2D eigenvalue weighted by Gasteiger charge is -1.95. The van der Waals surface area contributed by atoms with E-state index < -0.39 is 5.97 Å². The zero-order valence-electron chi connectivity index (χ0n) is 8.51. The molecule has 1 N–H and O–H groups in total. The van der Waals surface area contributed by atoms with Gasteiger partial charge in [0, 0.05) is 12.3 Å². The Balaban J connectivity index is 2.57. The van der Waals surface area contributed by atoms with E-state index in [1.165, 1.54) is 6.07 Å². The van der Waals surface area contributed by atoms with Crippen molar-refractivity contribution in [1.82, 2.24) is 14.6 Å². The molecule has 0 spiro atoms. The first-order chi connectivity index (χ1) is 7.08. The van der Waals surface area contributed by atoms with Gasteiger partial charge in [0.25, 0.3) is 0 Å². The first-order valence-corrected chi connectivity index (χ1v) is 4.67. The monoisotopic (exact) mass is 205 g/mol. The van der Waals surface area contributed by atoms with Crippen LogP contribution in [0.3, 0.4) is 0 Å². The van der Waals surface area contributed by atoms with Crippen LogP contribution in [-0.2, 0) is 0 Å². The summed E-state index contributed by atoms with van der Waals surface area (Å²) in [6, 6.07) is 3.24. The van der Waals surface area contributed by atoms with Crippen LogP contribution in [0.4, 0.5) is 0 Å². The van der Waals surface area contributed by atoms with Gasteiger partial charge in [-0.25, -0.2) is 14.3 Å². The zero-order valence-corrected chi connectivity index (χ0v) is 8.51. The number of carboxylic acids is 1. The molecule has 0 saturated carbocycles. The summed E-state index contributed by atoms with van der Waals surface area (Å²) >= 11 is 0. The highest BCUT2D eigenvalue weighted by Gasteiger charge is 2.09. The molecule has 2 rings (SSSR count). The molecule has 0 aliphatic heterocycles. The molecule has 0 aliphatic carbocycles. The Morgan fingerprint density at radius 2 is 2.27 bits per heavy atom. The van der Waals surface area contributed by atoms with E-state index in [1.54, 1.807) is 16.8 Å². The number of hydrogen-bond acceptors (Lipinski definition) is 3. The summed E-state index contributed by atoms with van der Waals surface area (Å²) in [7, 11) is 0. The lowest BCUT2D eigenvalue weighted by Crippen LogP contribution is -2.02. The molecule has 0 saturated heterocycles. The Labute approximate surface area is 86.4 Å². The lowest BCUT2D eigenvalue weighted by molar-refractivity contribution is 0.0690. The Hall–Kier alpha value is -1.91. The van der Waals surface area contributed by atoms with Crippen LogP contribution in [-0.4, -0.2) is 25.7 Å². The molecule has 2 heterocycles. The van der Waals surface area contributed by atoms with E-state index in [0.29, 0.717) is 11.6 Å². The normalized spacial score (nSPS) is 11.1. The predicted octanol–water partition coefficient (Wildman–Crippen LogP) is 1.55. The van der Waals surface area contributed by atoms with Crippen molar-refractivity contribution in [2.24, 2.45) is 0 Å². The predicted molar refractivity (Wildman–Crippen MR) is 54.0 cm³/mol. The number of aromatic carboxylic acids is 1. The van der Waals surface area contributed by atoms with Crippen LogP contribution in [0.1, 0.15) is 35.9 Å². The molecule has 0 aliphatic rings. The standard InChI is InChI=1S/C10H11N3O2/c1-6(2)8-5-9-11-7(10(14)15)3-4-13(9)12-8/h3-6H,1-2H3,(H,14,15). The van der Waals surface area contributed by atoms with E-state index >= 15 is 0 Å². The van der Waals surface area contributed by atoms with Crippen LogP contribution >= 0.6 is 0 Å². The molecule has 2 aromatic rings. The van der Waals surface area contributed by atoms with Gasteiger partial charge in [0.2, 0.25) is 0 Å². The summed E-state index contributed by atoms with van der Waals surface area (Å²) in [5.74, 6) is -0.718. The highest BCUT2D eigenvalue weighted by Crippen LogP contribution is 2.14. The molecule has 0 aromatic carbocycles. The van der Waals surface area contributed by atoms with Gasteiger partial charge < -0.3 is 5.11 Å². The van der Waals surface area contributed by atoms with Crippen molar-refractivity contribution in [3.63, 3.8) is 0 Å². The van der Waals surface area contributed by atoms with Gasteiger partial charge in [-0.3, -0.25) is 0 Å². The Kier molecular flexibility index (Phi) is 2.15. The Bertz CT molecular complexity index is 516. The number of rotatable bonds is 2. The van der Waals surface area contributed by atoms with E-state index in [9.17, 15) is 4.79 Å². The maximum absolute atomic E-state index is 10.7. The third-order valence-electron chi connectivity index (χ3n) is 2.15. The highest BCUT2D eigenvalue weighted by molar-refractivity contribution is 5.85. The number of carboxylic acid groups (broad SMARTS) is 1. The second-order valence-corrected chi connectivity index (χ2v) is 3.64. The third kappa shape index (κ3) is 1.68. The topological polar surface area (TPSA) is 67.5 Å². The van der Waals surface area contributed by atoms with E-state index in [-0.39, 0.29) is 5.69 Å². The zero-order chi connectivity index (χ0) is 11.0. The van der Waals surface area contributed by atoms with E-state index in [2.05, 4.69) is 10.1 Å². The molecule has 5 nitrogen and oxygen atoms in total. The van der Waals surface area contributed by atoms with Crippen molar-refractivity contribution >= 4 is 11.6 Å². The van der Waals surface area contributed by atoms with Crippen LogP contribution in [0.5, 0.6) is 0 Å². The van der Waals surface area contributed by atoms with Crippen LogP contribution in [0.15, 0.2) is 18.3 Å². The van der Waals surface area contributed by atoms with Crippen molar-refractivity contribution in [1.29, 1.82) is 0 Å². The van der Waals surface area contributed by atoms with Crippen LogP contribution < -0.4 is 0 Å². The maximum atomic E-state index is 10.7. The smallest absolute Gasteiger partial charge is 0.354 e. The Morgan fingerprint density at radius 1 is 1.53 bits per heavy atom. The van der Waals surface area contributed by atoms with Crippen molar-refractivity contribution in [2.45, 2.75) is 19.8 Å². The molecular formula is C10H11N3O2. The SMILES string of the molecule is CC(C)c1cc2nc(C(=O)O)ccn2n1. The summed E-state index contributed by atoms with van der Waals surface area (Å²) in [5.41, 5.74) is 1.52. The fraction of sp³-hybridized carbons (Fsp3) is 0.300. The molecule has 0 atom stereocenters. The fourth-order valence-electron chi connectivity index (χ4n) is 1.30. The number of aromatic nitrogens is 3. The molecule has 0 fully saturated rings. The van der Waals surface area contributed by atoms with Crippen LogP contribution in [0.2, 0.25) is 0 Å². The van der Waals surface area contributed by atoms with Gasteiger partial charge in [-0.1, -0.05) is 13.8 Å². The highest BCUT2D eigenvalue weighted by atomic mass is 16.4. The Morgan fingerprint density at radius 3 is 2.87 bits per heavy atom. The van der Waals surface area contributed by atoms with Gasteiger partial charge in [0.1, 0.15) is 0 Å². The summed E-state index contributed by atoms with van der Waals surface area (Å²) in [5, 5.41) is 13.0. The first-order valence-electron chi connectivity index (χ1n) is 4.67. The minimum Gasteiger partial charge on any atom is -0.477 e. The van der Waals surface area contributed by atoms with Crippen molar-refractivity contribution in [3.8, 4) is 0 Å². The second-order valence-electron chi connectivity index (χ2n) is 3.64. The van der Waals surface area contributed by atoms with Gasteiger partial charge in [-0.05, 0) is 12.0 Å². The van der Waals surface area contributed by atoms with E-state index in [4.69, 9.17) is 5.11 Å². The third-order valence-corrected chi connectivity index (χ3v) is 2.15. The summed E-state index contributed by atoms with van der Waals surface area (Å²) < 4.78 is 1.59. The minimum atomic E-state index is -1.02. The average molecular weight is 205 g/mol. The largest absolute Gasteiger partial charge is 0.477 e. The molecule has 15 heavy (non-hydrogen) atoms. The van der Waals surface area contributed by atoms with Crippen LogP contribution in [0, 0.1) is 0 Å². The molecule has 5 heteroatoms. The van der Waals surface area contributed by atoms with Gasteiger partial charge in [-0.2, -0.15) is 5.10 Å². The van der Waals surface area contributed by atoms with Gasteiger partial charge in [0.05, 0.1) is 5.69 Å². The summed E-state index contributed by atoms with van der Waals surface area (Å²) in [4.78, 5) is 14.7. The van der Waals surface area contributed by atoms with Gasteiger partial charge in [-0.15, -0.1) is 0 Å². The quantitative estimate of drug-likeness (QED) is 0.807. The minimum absolute atomic E-state index is 0.0395. The van der Waals surface area contributed by atoms with Crippen LogP contribution in [0.25, 0.3) is 5.65 Å². The van der Waals surface area contributed by atoms with Gasteiger partial charge in [0.15, 0.2) is 11.3 Å². The second kappa shape index (κ2) is 3.34. The van der Waals surface area contributed by atoms with Gasteiger partial charge >= 0.3 is 5.97 Å². The number of fused-ring (bicyclic) bond motifs is 1. The molecular weight excluding hydrogens is 194 g/mol.